The number of amides is 3. The molecule has 2 aromatic carbocycles. The van der Waals surface area contributed by atoms with Crippen LogP contribution in [0.3, 0.4) is 0 Å². The molecule has 0 aliphatic carbocycles. The van der Waals surface area contributed by atoms with Gasteiger partial charge < -0.3 is 42.7 Å². The van der Waals surface area contributed by atoms with Crippen LogP contribution in [0.1, 0.15) is 36.8 Å². The maximum absolute atomic E-state index is 13.5. The number of nitrogens with two attached hydrogens (primary N) is 2. The van der Waals surface area contributed by atoms with Gasteiger partial charge in [0.1, 0.15) is 29.6 Å². The minimum atomic E-state index is -1.18. The standard InChI is InChI=1S/C29H41N5O7S/c1-42-15-13-24(29(40)41)33-27(38)23(4-2-3-14-30)32-28(39)25(17-19-7-11-21(36)12-8-19)34-26(37)22(31)16-18-5-9-20(35)10-6-18/h5-12,22-25,35-36H,2-4,13-17,30-31H2,1H3,(H,32,39)(H,33,38)(H,34,37)(H,40,41). The molecule has 42 heavy (non-hydrogen) atoms. The number of rotatable bonds is 18. The number of hydrogen-bond donors (Lipinski definition) is 8. The molecule has 0 spiro atoms. The Morgan fingerprint density at radius 3 is 1.76 bits per heavy atom. The minimum Gasteiger partial charge on any atom is -0.508 e. The molecule has 2 aromatic rings. The summed E-state index contributed by atoms with van der Waals surface area (Å²) in [4.78, 5) is 51.4. The van der Waals surface area contributed by atoms with E-state index >= 15 is 0 Å². The summed E-state index contributed by atoms with van der Waals surface area (Å²) in [6.07, 6.45) is 3.53. The van der Waals surface area contributed by atoms with Gasteiger partial charge in [-0.15, -0.1) is 0 Å². The third-order valence-electron chi connectivity index (χ3n) is 6.54. The molecular formula is C29H41N5O7S. The molecule has 0 aliphatic heterocycles. The number of phenolic OH excluding ortho intramolecular Hbond substituents is 2. The molecule has 0 bridgehead atoms. The molecule has 13 heteroatoms. The fourth-order valence-corrected chi connectivity index (χ4v) is 4.61. The van der Waals surface area contributed by atoms with Crippen molar-refractivity contribution in [1.82, 2.24) is 16.0 Å². The number of aliphatic carboxylic acids is 1. The van der Waals surface area contributed by atoms with Crippen LogP contribution in [-0.4, -0.2) is 81.7 Å². The Bertz CT molecular complexity index is 1160. The molecule has 0 aromatic heterocycles. The van der Waals surface area contributed by atoms with Gasteiger partial charge in [-0.3, -0.25) is 14.4 Å². The van der Waals surface area contributed by atoms with Gasteiger partial charge in [-0.1, -0.05) is 24.3 Å². The SMILES string of the molecule is CSCCC(NC(=O)C(CCCCN)NC(=O)C(Cc1ccc(O)cc1)NC(=O)C(N)Cc1ccc(O)cc1)C(=O)O. The van der Waals surface area contributed by atoms with E-state index in [4.69, 9.17) is 11.5 Å². The molecule has 4 atom stereocenters. The first kappa shape index (κ1) is 34.4. The molecule has 0 radical (unpaired) electrons. The van der Waals surface area contributed by atoms with Crippen molar-refractivity contribution in [3.8, 4) is 11.5 Å². The molecule has 0 heterocycles. The number of unbranched alkanes of at least 4 members (excludes halogenated alkanes) is 1. The lowest BCUT2D eigenvalue weighted by atomic mass is 10.0. The number of nitrogens with one attached hydrogen (secondary N) is 3. The number of carboxylic acid groups (broad SMARTS) is 1. The molecule has 10 N–H and O–H groups in total. The number of carbonyl (C=O) groups is 4. The quantitative estimate of drug-likeness (QED) is 0.111. The van der Waals surface area contributed by atoms with Gasteiger partial charge in [0, 0.05) is 6.42 Å². The number of phenols is 2. The molecule has 12 nitrogen and oxygen atoms in total. The topological polar surface area (TPSA) is 217 Å². The Labute approximate surface area is 249 Å². The summed E-state index contributed by atoms with van der Waals surface area (Å²) in [5.74, 6) is -2.45. The van der Waals surface area contributed by atoms with E-state index < -0.39 is 47.9 Å². The zero-order valence-electron chi connectivity index (χ0n) is 23.6. The predicted molar refractivity (Wildman–Crippen MR) is 161 cm³/mol. The minimum absolute atomic E-state index is 0.0332. The number of carbonyl (C=O) groups excluding carboxylic acids is 3. The molecule has 4 unspecified atom stereocenters. The Morgan fingerprint density at radius 2 is 1.24 bits per heavy atom. The second-order valence-corrected chi connectivity index (χ2v) is 10.9. The van der Waals surface area contributed by atoms with E-state index in [9.17, 15) is 34.5 Å². The number of hydrogen-bond acceptors (Lipinski definition) is 9. The van der Waals surface area contributed by atoms with Gasteiger partial charge in [0.25, 0.3) is 0 Å². The maximum atomic E-state index is 13.5. The first-order chi connectivity index (χ1) is 20.0. The van der Waals surface area contributed by atoms with Gasteiger partial charge in [0.05, 0.1) is 6.04 Å². The second kappa shape index (κ2) is 17.9. The smallest absolute Gasteiger partial charge is 0.326 e. The monoisotopic (exact) mass is 603 g/mol. The van der Waals surface area contributed by atoms with Gasteiger partial charge in [-0.25, -0.2) is 4.79 Å². The van der Waals surface area contributed by atoms with Crippen LogP contribution in [0.5, 0.6) is 11.5 Å². The van der Waals surface area contributed by atoms with Gasteiger partial charge in [-0.2, -0.15) is 11.8 Å². The normalized spacial score (nSPS) is 13.8. The first-order valence-corrected chi connectivity index (χ1v) is 15.1. The van der Waals surface area contributed by atoms with Crippen molar-refractivity contribution < 1.29 is 34.5 Å². The number of benzene rings is 2. The molecule has 0 saturated carbocycles. The average Bonchev–Trinajstić information content (AvgIpc) is 2.96. The lowest BCUT2D eigenvalue weighted by molar-refractivity contribution is -0.142. The van der Waals surface area contributed by atoms with Crippen molar-refractivity contribution in [2.24, 2.45) is 11.5 Å². The Kier molecular flexibility index (Phi) is 14.6. The van der Waals surface area contributed by atoms with E-state index in [1.165, 1.54) is 36.0 Å². The van der Waals surface area contributed by atoms with Gasteiger partial charge in [0.15, 0.2) is 0 Å². The van der Waals surface area contributed by atoms with Crippen molar-refractivity contribution >= 4 is 35.5 Å². The lowest BCUT2D eigenvalue weighted by Crippen LogP contribution is -2.57. The van der Waals surface area contributed by atoms with Crippen molar-refractivity contribution in [2.75, 3.05) is 18.6 Å². The van der Waals surface area contributed by atoms with Crippen LogP contribution >= 0.6 is 11.8 Å². The van der Waals surface area contributed by atoms with Crippen molar-refractivity contribution in [3.05, 3.63) is 59.7 Å². The number of thioether (sulfide) groups is 1. The molecule has 0 saturated heterocycles. The van der Waals surface area contributed by atoms with Crippen LogP contribution in [0.2, 0.25) is 0 Å². The summed E-state index contributed by atoms with van der Waals surface area (Å²) in [6.45, 7) is 0.381. The van der Waals surface area contributed by atoms with Crippen LogP contribution in [0.4, 0.5) is 0 Å². The summed E-state index contributed by atoms with van der Waals surface area (Å²) in [5.41, 5.74) is 13.1. The molecule has 0 fully saturated rings. The van der Waals surface area contributed by atoms with E-state index in [1.54, 1.807) is 24.3 Å². The van der Waals surface area contributed by atoms with Crippen molar-refractivity contribution in [1.29, 1.82) is 0 Å². The van der Waals surface area contributed by atoms with Gasteiger partial charge in [-0.05, 0) is 86.0 Å². The summed E-state index contributed by atoms with van der Waals surface area (Å²) in [5, 5.41) is 36.6. The van der Waals surface area contributed by atoms with E-state index in [2.05, 4.69) is 16.0 Å². The summed E-state index contributed by atoms with van der Waals surface area (Å²) in [7, 11) is 0. The zero-order chi connectivity index (χ0) is 31.1. The van der Waals surface area contributed by atoms with E-state index in [-0.39, 0.29) is 37.2 Å². The van der Waals surface area contributed by atoms with Crippen LogP contribution in [0.15, 0.2) is 48.5 Å². The van der Waals surface area contributed by atoms with Crippen LogP contribution in [-0.2, 0) is 32.0 Å². The molecule has 230 valence electrons. The van der Waals surface area contributed by atoms with Crippen LogP contribution in [0, 0.1) is 0 Å². The summed E-state index contributed by atoms with van der Waals surface area (Å²) < 4.78 is 0. The highest BCUT2D eigenvalue weighted by atomic mass is 32.2. The first-order valence-electron chi connectivity index (χ1n) is 13.7. The fourth-order valence-electron chi connectivity index (χ4n) is 4.13. The molecule has 2 rings (SSSR count). The average molecular weight is 604 g/mol. The largest absolute Gasteiger partial charge is 0.508 e. The maximum Gasteiger partial charge on any atom is 0.326 e. The van der Waals surface area contributed by atoms with E-state index in [1.807, 2.05) is 6.26 Å². The van der Waals surface area contributed by atoms with Crippen molar-refractivity contribution in [2.45, 2.75) is 62.7 Å². The fraction of sp³-hybridized carbons (Fsp3) is 0.448. The zero-order valence-corrected chi connectivity index (χ0v) is 24.4. The van der Waals surface area contributed by atoms with E-state index in [0.717, 1.165) is 0 Å². The number of aromatic hydroxyl groups is 2. The van der Waals surface area contributed by atoms with Crippen molar-refractivity contribution in [3.63, 3.8) is 0 Å². The highest BCUT2D eigenvalue weighted by Crippen LogP contribution is 2.14. The predicted octanol–water partition coefficient (Wildman–Crippen LogP) is 0.631. The Hall–Kier alpha value is -3.81. The van der Waals surface area contributed by atoms with Gasteiger partial charge in [0.2, 0.25) is 17.7 Å². The summed E-state index contributed by atoms with van der Waals surface area (Å²) in [6, 6.07) is 8.01. The van der Waals surface area contributed by atoms with Crippen LogP contribution < -0.4 is 27.4 Å². The van der Waals surface area contributed by atoms with Gasteiger partial charge >= 0.3 is 5.97 Å². The highest BCUT2D eigenvalue weighted by molar-refractivity contribution is 7.98. The van der Waals surface area contributed by atoms with Crippen LogP contribution in [0.25, 0.3) is 0 Å². The third kappa shape index (κ3) is 12.0. The van der Waals surface area contributed by atoms with E-state index in [0.29, 0.717) is 36.3 Å². The third-order valence-corrected chi connectivity index (χ3v) is 7.19. The highest BCUT2D eigenvalue weighted by Gasteiger charge is 2.30. The molecule has 0 aliphatic rings. The number of carboxylic acids is 1. The second-order valence-electron chi connectivity index (χ2n) is 9.94. The Morgan fingerprint density at radius 1 is 0.738 bits per heavy atom. The molecular weight excluding hydrogens is 562 g/mol. The lowest BCUT2D eigenvalue weighted by Gasteiger charge is -2.25. The molecule has 3 amide bonds. The summed E-state index contributed by atoms with van der Waals surface area (Å²) >= 11 is 1.45. The Balaban J connectivity index is 2.23.